The Hall–Kier alpha value is -2.09. The monoisotopic (exact) mass is 328 g/mol. The lowest BCUT2D eigenvalue weighted by molar-refractivity contribution is -0.146. The summed E-state index contributed by atoms with van der Waals surface area (Å²) in [6, 6.07) is 3.45. The highest BCUT2D eigenvalue weighted by Gasteiger charge is 2.23. The van der Waals surface area contributed by atoms with Crippen molar-refractivity contribution in [2.45, 2.75) is 6.92 Å². The zero-order chi connectivity index (χ0) is 15.9. The molecule has 0 aliphatic carbocycles. The second-order valence-corrected chi connectivity index (χ2v) is 4.94. The van der Waals surface area contributed by atoms with Crippen LogP contribution in [0, 0.1) is 0 Å². The van der Waals surface area contributed by atoms with Gasteiger partial charge in [0.15, 0.2) is 17.6 Å². The molecule has 0 saturated carbocycles. The first kappa shape index (κ1) is 16.3. The topological polar surface area (TPSA) is 84.9 Å². The van der Waals surface area contributed by atoms with Crippen LogP contribution in [-0.4, -0.2) is 66.6 Å². The van der Waals surface area contributed by atoms with Gasteiger partial charge in [0.1, 0.15) is 0 Å². The molecule has 0 spiro atoms. The maximum atomic E-state index is 11.8. The number of halogens is 1. The molecule has 8 nitrogen and oxygen atoms in total. The Labute approximate surface area is 132 Å². The van der Waals surface area contributed by atoms with Gasteiger partial charge in [-0.1, -0.05) is 11.6 Å². The quantitative estimate of drug-likeness (QED) is 0.761. The van der Waals surface area contributed by atoms with Crippen LogP contribution in [0.3, 0.4) is 0 Å². The second-order valence-electron chi connectivity index (χ2n) is 4.55. The lowest BCUT2D eigenvalue weighted by Crippen LogP contribution is -2.49. The Balaban J connectivity index is 1.78. The summed E-state index contributed by atoms with van der Waals surface area (Å²) in [4.78, 5) is 26.5. The van der Waals surface area contributed by atoms with Gasteiger partial charge < -0.3 is 19.3 Å². The number of carbonyl (C=O) groups is 2. The molecule has 1 aromatic rings. The van der Waals surface area contributed by atoms with E-state index in [9.17, 15) is 9.59 Å². The Morgan fingerprint density at radius 1 is 1.18 bits per heavy atom. The Bertz CT molecular complexity index is 517. The third-order valence-electron chi connectivity index (χ3n) is 3.10. The number of amides is 1. The predicted octanol–water partition coefficient (Wildman–Crippen LogP) is 0.952. The van der Waals surface area contributed by atoms with E-state index in [2.05, 4.69) is 10.2 Å². The second kappa shape index (κ2) is 7.79. The molecular formula is C13H17ClN4O4. The van der Waals surface area contributed by atoms with Crippen molar-refractivity contribution in [1.82, 2.24) is 15.1 Å². The van der Waals surface area contributed by atoms with Crippen molar-refractivity contribution < 1.29 is 19.1 Å². The van der Waals surface area contributed by atoms with Gasteiger partial charge in [0.05, 0.1) is 6.61 Å². The molecule has 1 amide bonds. The Morgan fingerprint density at radius 3 is 2.50 bits per heavy atom. The van der Waals surface area contributed by atoms with E-state index in [1.54, 1.807) is 24.0 Å². The molecule has 22 heavy (non-hydrogen) atoms. The fourth-order valence-corrected chi connectivity index (χ4v) is 2.11. The fourth-order valence-electron chi connectivity index (χ4n) is 2.01. The molecule has 0 radical (unpaired) electrons. The van der Waals surface area contributed by atoms with Crippen LogP contribution in [0.5, 0.6) is 0 Å². The van der Waals surface area contributed by atoms with E-state index in [1.165, 1.54) is 0 Å². The average Bonchev–Trinajstić information content (AvgIpc) is 2.54. The van der Waals surface area contributed by atoms with Crippen LogP contribution in [-0.2, 0) is 14.3 Å². The van der Waals surface area contributed by atoms with Crippen molar-refractivity contribution in [2.24, 2.45) is 0 Å². The summed E-state index contributed by atoms with van der Waals surface area (Å²) in [6.07, 6.45) is -0.519. The van der Waals surface area contributed by atoms with E-state index in [-0.39, 0.29) is 13.2 Å². The molecule has 1 fully saturated rings. The predicted molar refractivity (Wildman–Crippen MR) is 78.8 cm³/mol. The number of anilines is 1. The highest BCUT2D eigenvalue weighted by molar-refractivity contribution is 6.29. The molecule has 0 unspecified atom stereocenters. The molecule has 9 heteroatoms. The number of ether oxygens (including phenoxy) is 2. The molecule has 0 bridgehead atoms. The molecule has 0 atom stereocenters. The maximum absolute atomic E-state index is 11.8. The number of nitrogens with zero attached hydrogens (tertiary/aromatic N) is 4. The van der Waals surface area contributed by atoms with Crippen LogP contribution >= 0.6 is 11.6 Å². The summed E-state index contributed by atoms with van der Waals surface area (Å²) in [5, 5.41) is 8.13. The minimum absolute atomic E-state index is 0.261. The first-order chi connectivity index (χ1) is 10.6. The largest absolute Gasteiger partial charge is 0.463 e. The number of esters is 1. The molecule has 1 aliphatic rings. The van der Waals surface area contributed by atoms with Crippen LogP contribution in [0.25, 0.3) is 0 Å². The van der Waals surface area contributed by atoms with E-state index in [1.807, 2.05) is 4.90 Å². The average molecular weight is 329 g/mol. The van der Waals surface area contributed by atoms with Crippen molar-refractivity contribution in [3.05, 3.63) is 17.3 Å². The number of rotatable bonds is 4. The summed E-state index contributed by atoms with van der Waals surface area (Å²) in [5.41, 5.74) is 0. The van der Waals surface area contributed by atoms with Gasteiger partial charge in [0, 0.05) is 26.2 Å². The lowest BCUT2D eigenvalue weighted by atomic mass is 10.3. The van der Waals surface area contributed by atoms with Gasteiger partial charge in [-0.15, -0.1) is 10.2 Å². The highest BCUT2D eigenvalue weighted by atomic mass is 35.5. The molecule has 1 aromatic heterocycles. The van der Waals surface area contributed by atoms with E-state index < -0.39 is 12.1 Å². The van der Waals surface area contributed by atoms with Gasteiger partial charge in [0.25, 0.3) is 0 Å². The standard InChI is InChI=1S/C13H17ClN4O4/c1-2-21-12(19)9-22-13(20)18-7-5-17(6-8-18)11-4-3-10(14)15-16-11/h3-4H,2,5-9H2,1H3. The van der Waals surface area contributed by atoms with Gasteiger partial charge in [-0.3, -0.25) is 0 Å². The minimum Gasteiger partial charge on any atom is -0.463 e. The zero-order valence-electron chi connectivity index (χ0n) is 12.2. The summed E-state index contributed by atoms with van der Waals surface area (Å²) < 4.78 is 9.60. The summed E-state index contributed by atoms with van der Waals surface area (Å²) in [7, 11) is 0. The lowest BCUT2D eigenvalue weighted by Gasteiger charge is -2.34. The third-order valence-corrected chi connectivity index (χ3v) is 3.30. The number of hydrogen-bond acceptors (Lipinski definition) is 7. The van der Waals surface area contributed by atoms with Gasteiger partial charge >= 0.3 is 12.1 Å². The van der Waals surface area contributed by atoms with Crippen LogP contribution in [0.15, 0.2) is 12.1 Å². The molecule has 1 saturated heterocycles. The third kappa shape index (κ3) is 4.45. The summed E-state index contributed by atoms with van der Waals surface area (Å²) >= 11 is 5.70. The van der Waals surface area contributed by atoms with E-state index in [4.69, 9.17) is 21.1 Å². The molecular weight excluding hydrogens is 312 g/mol. The normalized spacial score (nSPS) is 14.6. The van der Waals surface area contributed by atoms with Crippen molar-refractivity contribution >= 4 is 29.5 Å². The minimum atomic E-state index is -0.550. The first-order valence-corrected chi connectivity index (χ1v) is 7.29. The molecule has 1 aliphatic heterocycles. The van der Waals surface area contributed by atoms with Gasteiger partial charge in [-0.2, -0.15) is 0 Å². The number of aromatic nitrogens is 2. The van der Waals surface area contributed by atoms with E-state index >= 15 is 0 Å². The van der Waals surface area contributed by atoms with Crippen molar-refractivity contribution in [1.29, 1.82) is 0 Å². The smallest absolute Gasteiger partial charge is 0.410 e. The van der Waals surface area contributed by atoms with Crippen LogP contribution in [0.2, 0.25) is 5.15 Å². The van der Waals surface area contributed by atoms with Crippen LogP contribution < -0.4 is 4.90 Å². The molecule has 2 heterocycles. The Morgan fingerprint density at radius 2 is 1.91 bits per heavy atom. The number of carbonyl (C=O) groups excluding carboxylic acids is 2. The summed E-state index contributed by atoms with van der Waals surface area (Å²) in [6.45, 7) is 3.75. The van der Waals surface area contributed by atoms with Crippen molar-refractivity contribution in [2.75, 3.05) is 44.3 Å². The number of piperazine rings is 1. The van der Waals surface area contributed by atoms with E-state index in [0.29, 0.717) is 37.1 Å². The molecule has 2 rings (SSSR count). The van der Waals surface area contributed by atoms with Gasteiger partial charge in [-0.25, -0.2) is 9.59 Å². The number of hydrogen-bond donors (Lipinski definition) is 0. The van der Waals surface area contributed by atoms with Crippen LogP contribution in [0.4, 0.5) is 10.6 Å². The van der Waals surface area contributed by atoms with Gasteiger partial charge in [-0.05, 0) is 19.1 Å². The highest BCUT2D eigenvalue weighted by Crippen LogP contribution is 2.14. The van der Waals surface area contributed by atoms with Gasteiger partial charge in [0.2, 0.25) is 0 Å². The first-order valence-electron chi connectivity index (χ1n) is 6.91. The SMILES string of the molecule is CCOC(=O)COC(=O)N1CCN(c2ccc(Cl)nn2)CC1. The molecule has 0 aromatic carbocycles. The van der Waals surface area contributed by atoms with Crippen LogP contribution in [0.1, 0.15) is 6.92 Å². The zero-order valence-corrected chi connectivity index (χ0v) is 13.0. The molecule has 0 N–H and O–H groups in total. The fraction of sp³-hybridized carbons (Fsp3) is 0.538. The van der Waals surface area contributed by atoms with Crippen molar-refractivity contribution in [3.8, 4) is 0 Å². The van der Waals surface area contributed by atoms with Crippen molar-refractivity contribution in [3.63, 3.8) is 0 Å². The van der Waals surface area contributed by atoms with E-state index in [0.717, 1.165) is 0 Å². The summed E-state index contributed by atoms with van der Waals surface area (Å²) in [5.74, 6) is 0.162. The molecule has 120 valence electrons. The maximum Gasteiger partial charge on any atom is 0.410 e. The Kier molecular flexibility index (Phi) is 5.76.